The molecule has 4 heteroatoms. The first-order chi connectivity index (χ1) is 9.25. The van der Waals surface area contributed by atoms with Crippen molar-refractivity contribution >= 4 is 16.7 Å². The van der Waals surface area contributed by atoms with Crippen molar-refractivity contribution in [2.24, 2.45) is 7.05 Å². The van der Waals surface area contributed by atoms with E-state index in [2.05, 4.69) is 10.1 Å². The zero-order valence-corrected chi connectivity index (χ0v) is 10.6. The minimum atomic E-state index is 0.0661. The molecule has 0 radical (unpaired) electrons. The summed E-state index contributed by atoms with van der Waals surface area (Å²) in [7, 11) is 1.78. The van der Waals surface area contributed by atoms with Crippen molar-refractivity contribution in [1.29, 1.82) is 0 Å². The van der Waals surface area contributed by atoms with E-state index in [4.69, 9.17) is 0 Å². The number of hydrogen-bond donors (Lipinski definition) is 0. The Bertz CT molecular complexity index is 740. The maximum absolute atomic E-state index is 12.3. The summed E-state index contributed by atoms with van der Waals surface area (Å²) in [5.74, 6) is 0.0661. The molecule has 0 aliphatic heterocycles. The van der Waals surface area contributed by atoms with E-state index in [1.165, 1.54) is 0 Å². The zero-order valence-electron chi connectivity index (χ0n) is 10.6. The second kappa shape index (κ2) is 4.65. The Morgan fingerprint density at radius 1 is 1.16 bits per heavy atom. The third kappa shape index (κ3) is 2.12. The number of carbonyl (C=O) groups is 1. The average molecular weight is 251 g/mol. The van der Waals surface area contributed by atoms with Gasteiger partial charge in [-0.15, -0.1) is 0 Å². The number of fused-ring (bicyclic) bond motifs is 1. The molecule has 0 aliphatic rings. The number of aryl methyl sites for hydroxylation is 1. The molecule has 0 saturated carbocycles. The molecule has 4 nitrogen and oxygen atoms in total. The van der Waals surface area contributed by atoms with Gasteiger partial charge in [0.1, 0.15) is 5.69 Å². The summed E-state index contributed by atoms with van der Waals surface area (Å²) in [6.45, 7) is 0. The molecular weight excluding hydrogens is 238 g/mol. The lowest BCUT2D eigenvalue weighted by molar-refractivity contribution is 0.0984. The second-order valence-electron chi connectivity index (χ2n) is 4.43. The number of nitrogens with zero attached hydrogens (tertiary/aromatic N) is 3. The van der Waals surface area contributed by atoms with E-state index in [0.29, 0.717) is 12.1 Å². The Morgan fingerprint density at radius 2 is 2.00 bits per heavy atom. The van der Waals surface area contributed by atoms with Gasteiger partial charge >= 0.3 is 0 Å². The van der Waals surface area contributed by atoms with Crippen molar-refractivity contribution in [3.05, 3.63) is 60.0 Å². The molecule has 2 aromatic heterocycles. The maximum Gasteiger partial charge on any atom is 0.185 e. The monoisotopic (exact) mass is 251 g/mol. The van der Waals surface area contributed by atoms with Crippen LogP contribution in [0.2, 0.25) is 0 Å². The fourth-order valence-electron chi connectivity index (χ4n) is 2.22. The van der Waals surface area contributed by atoms with Gasteiger partial charge in [-0.1, -0.05) is 18.2 Å². The summed E-state index contributed by atoms with van der Waals surface area (Å²) in [5, 5.41) is 5.05. The minimum Gasteiger partial charge on any atom is -0.292 e. The van der Waals surface area contributed by atoms with Gasteiger partial charge in [0.15, 0.2) is 5.78 Å². The summed E-state index contributed by atoms with van der Waals surface area (Å²) in [4.78, 5) is 16.6. The van der Waals surface area contributed by atoms with Crippen molar-refractivity contribution < 1.29 is 4.79 Å². The van der Waals surface area contributed by atoms with E-state index < -0.39 is 0 Å². The first-order valence-electron chi connectivity index (χ1n) is 6.09. The van der Waals surface area contributed by atoms with E-state index in [1.54, 1.807) is 30.2 Å². The predicted octanol–water partition coefficient (Wildman–Crippen LogP) is 2.39. The summed E-state index contributed by atoms with van der Waals surface area (Å²) in [6, 6.07) is 11.5. The van der Waals surface area contributed by atoms with Crippen LogP contribution in [-0.4, -0.2) is 20.5 Å². The van der Waals surface area contributed by atoms with E-state index in [-0.39, 0.29) is 5.78 Å². The topological polar surface area (TPSA) is 47.8 Å². The predicted molar refractivity (Wildman–Crippen MR) is 73.0 cm³/mol. The highest BCUT2D eigenvalue weighted by molar-refractivity contribution is 5.98. The molecule has 3 aromatic rings. The van der Waals surface area contributed by atoms with Gasteiger partial charge in [0.2, 0.25) is 0 Å². The number of Topliss-reactive ketones (excluding diaryl/α,β-unsaturated/α-hetero) is 1. The van der Waals surface area contributed by atoms with Crippen LogP contribution in [0.3, 0.4) is 0 Å². The van der Waals surface area contributed by atoms with Crippen LogP contribution < -0.4 is 0 Å². The summed E-state index contributed by atoms with van der Waals surface area (Å²) >= 11 is 0. The van der Waals surface area contributed by atoms with Crippen molar-refractivity contribution in [2.45, 2.75) is 6.42 Å². The van der Waals surface area contributed by atoms with Crippen molar-refractivity contribution in [3.8, 4) is 0 Å². The van der Waals surface area contributed by atoms with Gasteiger partial charge in [-0.25, -0.2) is 0 Å². The SMILES string of the molecule is Cn1nccc1C(=O)Cc1ccnc2ccccc12. The smallest absolute Gasteiger partial charge is 0.185 e. The van der Waals surface area contributed by atoms with E-state index in [9.17, 15) is 4.79 Å². The molecule has 0 bridgehead atoms. The van der Waals surface area contributed by atoms with Crippen LogP contribution in [0.4, 0.5) is 0 Å². The molecule has 0 amide bonds. The fourth-order valence-corrected chi connectivity index (χ4v) is 2.22. The van der Waals surface area contributed by atoms with Gasteiger partial charge in [-0.2, -0.15) is 5.10 Å². The lowest BCUT2D eigenvalue weighted by atomic mass is 10.0. The normalized spacial score (nSPS) is 10.8. The molecule has 3 rings (SSSR count). The lowest BCUT2D eigenvalue weighted by Gasteiger charge is -2.05. The molecule has 0 spiro atoms. The number of carbonyl (C=O) groups excluding carboxylic acids is 1. The number of ketones is 1. The molecule has 0 N–H and O–H groups in total. The average Bonchev–Trinajstić information content (AvgIpc) is 2.85. The van der Waals surface area contributed by atoms with Gasteiger partial charge in [-0.3, -0.25) is 14.5 Å². The molecule has 19 heavy (non-hydrogen) atoms. The van der Waals surface area contributed by atoms with Gasteiger partial charge in [0, 0.05) is 31.2 Å². The van der Waals surface area contributed by atoms with E-state index in [1.807, 2.05) is 30.3 Å². The second-order valence-corrected chi connectivity index (χ2v) is 4.43. The van der Waals surface area contributed by atoms with Gasteiger partial charge in [0.05, 0.1) is 5.52 Å². The summed E-state index contributed by atoms with van der Waals surface area (Å²) in [6.07, 6.45) is 3.74. The molecule has 0 fully saturated rings. The Balaban J connectivity index is 1.98. The third-order valence-corrected chi connectivity index (χ3v) is 3.20. The van der Waals surface area contributed by atoms with Crippen LogP contribution in [0.15, 0.2) is 48.8 Å². The molecule has 0 atom stereocenters. The Kier molecular flexibility index (Phi) is 2.83. The molecule has 0 aliphatic carbocycles. The van der Waals surface area contributed by atoms with Gasteiger partial charge in [-0.05, 0) is 23.8 Å². The number of rotatable bonds is 3. The number of benzene rings is 1. The Hall–Kier alpha value is -2.49. The highest BCUT2D eigenvalue weighted by Gasteiger charge is 2.12. The standard InChI is InChI=1S/C15H13N3O/c1-18-14(7-9-17-18)15(19)10-11-6-8-16-13-5-3-2-4-12(11)13/h2-9H,10H2,1H3. The van der Waals surface area contributed by atoms with Crippen molar-refractivity contribution in [3.63, 3.8) is 0 Å². The highest BCUT2D eigenvalue weighted by Crippen LogP contribution is 2.18. The Morgan fingerprint density at radius 3 is 2.79 bits per heavy atom. The lowest BCUT2D eigenvalue weighted by Crippen LogP contribution is -2.10. The maximum atomic E-state index is 12.3. The molecule has 94 valence electrons. The van der Waals surface area contributed by atoms with Crippen LogP contribution in [0.1, 0.15) is 16.1 Å². The van der Waals surface area contributed by atoms with E-state index in [0.717, 1.165) is 16.5 Å². The molecule has 0 unspecified atom stereocenters. The highest BCUT2D eigenvalue weighted by atomic mass is 16.1. The van der Waals surface area contributed by atoms with Crippen molar-refractivity contribution in [1.82, 2.24) is 14.8 Å². The largest absolute Gasteiger partial charge is 0.292 e. The molecule has 1 aromatic carbocycles. The fraction of sp³-hybridized carbons (Fsp3) is 0.133. The van der Waals surface area contributed by atoms with Crippen LogP contribution >= 0.6 is 0 Å². The molecular formula is C15H13N3O. The number of pyridine rings is 1. The number of hydrogen-bond acceptors (Lipinski definition) is 3. The number of para-hydroxylation sites is 1. The summed E-state index contributed by atoms with van der Waals surface area (Å²) in [5.41, 5.74) is 2.54. The minimum absolute atomic E-state index is 0.0661. The first kappa shape index (κ1) is 11.6. The number of aromatic nitrogens is 3. The Labute approximate surface area is 110 Å². The van der Waals surface area contributed by atoms with E-state index >= 15 is 0 Å². The van der Waals surface area contributed by atoms with Gasteiger partial charge < -0.3 is 0 Å². The third-order valence-electron chi connectivity index (χ3n) is 3.20. The van der Waals surface area contributed by atoms with Crippen molar-refractivity contribution in [2.75, 3.05) is 0 Å². The molecule has 2 heterocycles. The zero-order chi connectivity index (χ0) is 13.2. The molecule has 0 saturated heterocycles. The first-order valence-corrected chi connectivity index (χ1v) is 6.09. The van der Waals surface area contributed by atoms with Crippen LogP contribution in [0, 0.1) is 0 Å². The van der Waals surface area contributed by atoms with Crippen LogP contribution in [-0.2, 0) is 13.5 Å². The van der Waals surface area contributed by atoms with Crippen LogP contribution in [0.5, 0.6) is 0 Å². The van der Waals surface area contributed by atoms with Gasteiger partial charge in [0.25, 0.3) is 0 Å². The quantitative estimate of drug-likeness (QED) is 0.671. The summed E-state index contributed by atoms with van der Waals surface area (Å²) < 4.78 is 1.60. The van der Waals surface area contributed by atoms with Crippen LogP contribution in [0.25, 0.3) is 10.9 Å².